The largest absolute Gasteiger partial charge is 0.508 e. The molecule has 0 bridgehead atoms. The predicted octanol–water partition coefficient (Wildman–Crippen LogP) is -1.99. The lowest BCUT2D eigenvalue weighted by molar-refractivity contribution is -0.140. The lowest BCUT2D eigenvalue weighted by Gasteiger charge is -2.27. The SMILES string of the molecule is CC(C)C[C@H](NC(=O)[C@H]1CCCN1C(=O)CNC(=O)[C@H](C)NC(=O)[C@H](N)Cc1ccc(O)cc1)C(=O)NCC(N)=O. The monoisotopic (exact) mass is 575 g/mol. The van der Waals surface area contributed by atoms with E-state index in [9.17, 15) is 33.9 Å². The number of nitrogens with two attached hydrogens (primary N) is 2. The van der Waals surface area contributed by atoms with Crippen molar-refractivity contribution >= 4 is 35.4 Å². The number of phenols is 1. The van der Waals surface area contributed by atoms with Crippen LogP contribution in [0, 0.1) is 5.92 Å². The van der Waals surface area contributed by atoms with Crippen LogP contribution in [-0.2, 0) is 35.2 Å². The van der Waals surface area contributed by atoms with Gasteiger partial charge in [-0.05, 0) is 56.2 Å². The second-order valence-corrected chi connectivity index (χ2v) is 10.5. The van der Waals surface area contributed by atoms with Crippen LogP contribution >= 0.6 is 0 Å². The number of hydrogen-bond acceptors (Lipinski definition) is 8. The lowest BCUT2D eigenvalue weighted by atomic mass is 10.0. The topological polar surface area (TPSA) is 226 Å². The van der Waals surface area contributed by atoms with Crippen LogP contribution in [0.15, 0.2) is 24.3 Å². The molecule has 1 aromatic carbocycles. The Balaban J connectivity index is 1.88. The summed E-state index contributed by atoms with van der Waals surface area (Å²) in [5.74, 6) is -3.28. The van der Waals surface area contributed by atoms with E-state index in [0.29, 0.717) is 25.8 Å². The minimum atomic E-state index is -0.977. The predicted molar refractivity (Wildman–Crippen MR) is 149 cm³/mol. The Labute approximate surface area is 238 Å². The van der Waals surface area contributed by atoms with Gasteiger partial charge in [-0.3, -0.25) is 28.8 Å². The van der Waals surface area contributed by atoms with Crippen molar-refractivity contribution in [1.82, 2.24) is 26.2 Å². The number of hydrogen-bond donors (Lipinski definition) is 7. The van der Waals surface area contributed by atoms with E-state index >= 15 is 0 Å². The summed E-state index contributed by atoms with van der Waals surface area (Å²) in [6, 6.07) is 2.59. The number of nitrogens with zero attached hydrogens (tertiary/aromatic N) is 1. The number of aromatic hydroxyl groups is 1. The first-order valence-corrected chi connectivity index (χ1v) is 13.6. The normalized spacial score (nSPS) is 16.8. The minimum absolute atomic E-state index is 0.0565. The molecular weight excluding hydrogens is 534 g/mol. The summed E-state index contributed by atoms with van der Waals surface area (Å²) in [5.41, 5.74) is 11.8. The van der Waals surface area contributed by atoms with Crippen LogP contribution in [0.25, 0.3) is 0 Å². The molecule has 226 valence electrons. The van der Waals surface area contributed by atoms with Crippen molar-refractivity contribution in [3.63, 3.8) is 0 Å². The van der Waals surface area contributed by atoms with E-state index in [1.54, 1.807) is 12.1 Å². The number of carbonyl (C=O) groups is 6. The number of likely N-dealkylation sites (tertiary alicyclic amines) is 1. The molecular formula is C27H41N7O7. The molecule has 1 aliphatic rings. The van der Waals surface area contributed by atoms with E-state index in [2.05, 4.69) is 21.3 Å². The van der Waals surface area contributed by atoms with Crippen molar-refractivity contribution in [3.8, 4) is 5.75 Å². The maximum absolute atomic E-state index is 13.0. The molecule has 1 fully saturated rings. The summed E-state index contributed by atoms with van der Waals surface area (Å²) in [7, 11) is 0. The van der Waals surface area contributed by atoms with E-state index < -0.39 is 66.2 Å². The molecule has 1 aliphatic heterocycles. The highest BCUT2D eigenvalue weighted by Crippen LogP contribution is 2.18. The molecule has 0 aromatic heterocycles. The Morgan fingerprint density at radius 1 is 0.951 bits per heavy atom. The van der Waals surface area contributed by atoms with Crippen LogP contribution in [0.1, 0.15) is 45.6 Å². The number of carbonyl (C=O) groups excluding carboxylic acids is 6. The molecule has 0 spiro atoms. The van der Waals surface area contributed by atoms with Gasteiger partial charge in [0.05, 0.1) is 19.1 Å². The van der Waals surface area contributed by atoms with Crippen LogP contribution in [0.5, 0.6) is 5.75 Å². The Kier molecular flexibility index (Phi) is 12.5. The highest BCUT2D eigenvalue weighted by molar-refractivity contribution is 5.95. The summed E-state index contributed by atoms with van der Waals surface area (Å²) in [5, 5.41) is 19.4. The average Bonchev–Trinajstić information content (AvgIpc) is 3.41. The molecule has 0 unspecified atom stereocenters. The second-order valence-electron chi connectivity index (χ2n) is 10.5. The molecule has 1 aromatic rings. The van der Waals surface area contributed by atoms with E-state index in [4.69, 9.17) is 11.5 Å². The molecule has 41 heavy (non-hydrogen) atoms. The van der Waals surface area contributed by atoms with Gasteiger partial charge in [0.25, 0.3) is 0 Å². The first kappa shape index (κ1) is 33.0. The van der Waals surface area contributed by atoms with Crippen molar-refractivity contribution in [3.05, 3.63) is 29.8 Å². The third-order valence-electron chi connectivity index (χ3n) is 6.55. The zero-order chi connectivity index (χ0) is 30.7. The first-order valence-electron chi connectivity index (χ1n) is 13.6. The number of amides is 6. The molecule has 4 atom stereocenters. The highest BCUT2D eigenvalue weighted by Gasteiger charge is 2.36. The number of primary amides is 1. The molecule has 2 rings (SSSR count). The molecule has 1 heterocycles. The average molecular weight is 576 g/mol. The number of nitrogens with one attached hydrogen (secondary N) is 4. The van der Waals surface area contributed by atoms with E-state index in [-0.39, 0.29) is 24.6 Å². The molecule has 14 nitrogen and oxygen atoms in total. The lowest BCUT2D eigenvalue weighted by Crippen LogP contribution is -2.55. The van der Waals surface area contributed by atoms with Crippen molar-refractivity contribution in [2.75, 3.05) is 19.6 Å². The van der Waals surface area contributed by atoms with Crippen LogP contribution in [-0.4, -0.2) is 89.3 Å². The van der Waals surface area contributed by atoms with Gasteiger partial charge in [-0.15, -0.1) is 0 Å². The molecule has 0 saturated carbocycles. The van der Waals surface area contributed by atoms with Gasteiger partial charge in [0.15, 0.2) is 0 Å². The zero-order valence-electron chi connectivity index (χ0n) is 23.6. The number of rotatable bonds is 14. The van der Waals surface area contributed by atoms with Gasteiger partial charge in [-0.1, -0.05) is 26.0 Å². The Morgan fingerprint density at radius 2 is 1.59 bits per heavy atom. The third-order valence-corrected chi connectivity index (χ3v) is 6.55. The summed E-state index contributed by atoms with van der Waals surface area (Å²) < 4.78 is 0. The third kappa shape index (κ3) is 10.7. The van der Waals surface area contributed by atoms with Crippen LogP contribution in [0.4, 0.5) is 0 Å². The minimum Gasteiger partial charge on any atom is -0.508 e. The molecule has 9 N–H and O–H groups in total. The van der Waals surface area contributed by atoms with Gasteiger partial charge in [-0.25, -0.2) is 0 Å². The molecule has 0 aliphatic carbocycles. The number of phenolic OH excluding ortho intramolecular Hbond substituents is 1. The quantitative estimate of drug-likeness (QED) is 0.131. The van der Waals surface area contributed by atoms with Crippen LogP contribution in [0.2, 0.25) is 0 Å². The van der Waals surface area contributed by atoms with Gasteiger partial charge in [0.2, 0.25) is 35.4 Å². The van der Waals surface area contributed by atoms with E-state index in [0.717, 1.165) is 5.56 Å². The van der Waals surface area contributed by atoms with Gasteiger partial charge in [-0.2, -0.15) is 0 Å². The van der Waals surface area contributed by atoms with Crippen molar-refractivity contribution < 1.29 is 33.9 Å². The van der Waals surface area contributed by atoms with E-state index in [1.165, 1.54) is 24.0 Å². The zero-order valence-corrected chi connectivity index (χ0v) is 23.6. The fourth-order valence-corrected chi connectivity index (χ4v) is 4.39. The molecule has 6 amide bonds. The van der Waals surface area contributed by atoms with Gasteiger partial charge in [0.1, 0.15) is 23.9 Å². The van der Waals surface area contributed by atoms with Crippen LogP contribution in [0.3, 0.4) is 0 Å². The fourth-order valence-electron chi connectivity index (χ4n) is 4.39. The summed E-state index contributed by atoms with van der Waals surface area (Å²) >= 11 is 0. The van der Waals surface area contributed by atoms with Gasteiger partial charge >= 0.3 is 0 Å². The van der Waals surface area contributed by atoms with Crippen molar-refractivity contribution in [1.29, 1.82) is 0 Å². The summed E-state index contributed by atoms with van der Waals surface area (Å²) in [6.07, 6.45) is 1.46. The van der Waals surface area contributed by atoms with Gasteiger partial charge in [0, 0.05) is 6.54 Å². The summed E-state index contributed by atoms with van der Waals surface area (Å²) in [4.78, 5) is 75.8. The second kappa shape index (κ2) is 15.6. The van der Waals surface area contributed by atoms with Gasteiger partial charge < -0.3 is 42.7 Å². The summed E-state index contributed by atoms with van der Waals surface area (Å²) in [6.45, 7) is 4.75. The Morgan fingerprint density at radius 3 is 2.20 bits per heavy atom. The maximum atomic E-state index is 13.0. The Hall–Kier alpha value is -4.20. The van der Waals surface area contributed by atoms with Crippen molar-refractivity contribution in [2.24, 2.45) is 17.4 Å². The van der Waals surface area contributed by atoms with E-state index in [1.807, 2.05) is 13.8 Å². The number of benzene rings is 1. The first-order chi connectivity index (χ1) is 19.3. The molecule has 1 saturated heterocycles. The van der Waals surface area contributed by atoms with Crippen molar-refractivity contribution in [2.45, 2.75) is 70.6 Å². The maximum Gasteiger partial charge on any atom is 0.243 e. The standard InChI is InChI=1S/C27H41N7O7/c1-15(2)11-20(26(40)30-13-22(29)36)33-27(41)21-5-4-10-34(21)23(37)14-31-24(38)16(3)32-25(39)19(28)12-17-6-8-18(35)9-7-17/h6-9,15-16,19-21,35H,4-5,10-14,28H2,1-3H3,(H2,29,36)(H,30,40)(H,31,38)(H,32,39)(H,33,41)/t16-,19+,20-,21+/m0/s1. The fraction of sp³-hybridized carbons (Fsp3) is 0.556. The molecule has 0 radical (unpaired) electrons. The molecule has 14 heteroatoms. The Bertz CT molecular complexity index is 1110. The van der Waals surface area contributed by atoms with Crippen LogP contribution < -0.4 is 32.7 Å². The highest BCUT2D eigenvalue weighted by atomic mass is 16.3. The smallest absolute Gasteiger partial charge is 0.243 e.